The first-order chi connectivity index (χ1) is 8.49. The number of nitrogens with one attached hydrogen (secondary N) is 1. The topological polar surface area (TPSA) is 42.2 Å². The van der Waals surface area contributed by atoms with Crippen LogP contribution in [0.2, 0.25) is 10.2 Å². The Morgan fingerprint density at radius 1 is 1.22 bits per heavy atom. The number of halogens is 4. The summed E-state index contributed by atoms with van der Waals surface area (Å²) in [4.78, 5) is 12.0. The SMILES string of the molecule is O=C(Nc1c(Br)cc(Cl)cc1Br)c1ccoc1Cl. The molecule has 2 rings (SSSR count). The Bertz CT molecular complexity index is 590. The zero-order chi connectivity index (χ0) is 13.3. The van der Waals surface area contributed by atoms with Gasteiger partial charge in [0.05, 0.1) is 17.5 Å². The first-order valence-corrected chi connectivity index (χ1v) is 7.02. The number of furan rings is 1. The summed E-state index contributed by atoms with van der Waals surface area (Å²) in [6.07, 6.45) is 1.35. The highest BCUT2D eigenvalue weighted by molar-refractivity contribution is 9.11. The quantitative estimate of drug-likeness (QED) is 0.719. The summed E-state index contributed by atoms with van der Waals surface area (Å²) in [7, 11) is 0. The van der Waals surface area contributed by atoms with Crippen LogP contribution in [0, 0.1) is 0 Å². The summed E-state index contributed by atoms with van der Waals surface area (Å²) in [5, 5.41) is 3.31. The predicted molar refractivity (Wildman–Crippen MR) is 78.5 cm³/mol. The Kier molecular flexibility index (Phi) is 4.37. The molecule has 0 bridgehead atoms. The molecule has 94 valence electrons. The monoisotopic (exact) mass is 411 g/mol. The van der Waals surface area contributed by atoms with E-state index in [9.17, 15) is 4.79 Å². The number of anilines is 1. The molecule has 7 heteroatoms. The van der Waals surface area contributed by atoms with E-state index in [4.69, 9.17) is 27.6 Å². The molecule has 1 aromatic heterocycles. The Morgan fingerprint density at radius 2 is 1.83 bits per heavy atom. The van der Waals surface area contributed by atoms with Crippen LogP contribution in [0.1, 0.15) is 10.4 Å². The smallest absolute Gasteiger partial charge is 0.260 e. The maximum atomic E-state index is 12.0. The number of benzene rings is 1. The maximum Gasteiger partial charge on any atom is 0.260 e. The first kappa shape index (κ1) is 13.9. The van der Waals surface area contributed by atoms with Crippen LogP contribution in [0.25, 0.3) is 0 Å². The molecule has 1 N–H and O–H groups in total. The molecule has 0 spiro atoms. The lowest BCUT2D eigenvalue weighted by molar-refractivity contribution is 0.102. The van der Waals surface area contributed by atoms with Crippen molar-refractivity contribution in [3.63, 3.8) is 0 Å². The summed E-state index contributed by atoms with van der Waals surface area (Å²) < 4.78 is 6.19. The molecule has 0 aliphatic rings. The lowest BCUT2D eigenvalue weighted by Crippen LogP contribution is -2.12. The standard InChI is InChI=1S/C11H5Br2Cl2NO2/c12-7-3-5(14)4-8(13)9(7)16-11(17)6-1-2-18-10(6)15/h1-4H,(H,16,17). The molecule has 0 atom stereocenters. The molecule has 3 nitrogen and oxygen atoms in total. The summed E-state index contributed by atoms with van der Waals surface area (Å²) in [6, 6.07) is 4.85. The lowest BCUT2D eigenvalue weighted by Gasteiger charge is -2.09. The molecule has 2 aromatic rings. The van der Waals surface area contributed by atoms with Gasteiger partial charge in [0.1, 0.15) is 0 Å². The number of amides is 1. The van der Waals surface area contributed by atoms with Gasteiger partial charge in [0.25, 0.3) is 5.91 Å². The fourth-order valence-electron chi connectivity index (χ4n) is 1.30. The van der Waals surface area contributed by atoms with Crippen molar-refractivity contribution < 1.29 is 9.21 Å². The molecule has 0 unspecified atom stereocenters. The van der Waals surface area contributed by atoms with Crippen molar-refractivity contribution in [3.8, 4) is 0 Å². The van der Waals surface area contributed by atoms with E-state index in [1.807, 2.05) is 0 Å². The van der Waals surface area contributed by atoms with Crippen LogP contribution in [0.5, 0.6) is 0 Å². The van der Waals surface area contributed by atoms with Crippen LogP contribution < -0.4 is 5.32 Å². The van der Waals surface area contributed by atoms with Gasteiger partial charge in [-0.15, -0.1) is 0 Å². The second-order valence-electron chi connectivity index (χ2n) is 3.31. The highest BCUT2D eigenvalue weighted by atomic mass is 79.9. The van der Waals surface area contributed by atoms with Gasteiger partial charge in [0.15, 0.2) is 0 Å². The highest BCUT2D eigenvalue weighted by Gasteiger charge is 2.16. The van der Waals surface area contributed by atoms with Crippen LogP contribution in [0.15, 0.2) is 37.8 Å². The van der Waals surface area contributed by atoms with E-state index in [-0.39, 0.29) is 16.7 Å². The largest absolute Gasteiger partial charge is 0.452 e. The molecule has 0 aliphatic heterocycles. The van der Waals surface area contributed by atoms with Crippen molar-refractivity contribution in [1.82, 2.24) is 0 Å². The number of carbonyl (C=O) groups excluding carboxylic acids is 1. The second-order valence-corrected chi connectivity index (χ2v) is 5.79. The summed E-state index contributed by atoms with van der Waals surface area (Å²) >= 11 is 18.3. The van der Waals surface area contributed by atoms with E-state index in [0.717, 1.165) is 0 Å². The Hall–Kier alpha value is -0.490. The molecule has 0 fully saturated rings. The first-order valence-electron chi connectivity index (χ1n) is 4.68. The normalized spacial score (nSPS) is 10.4. The number of rotatable bonds is 2. The van der Waals surface area contributed by atoms with Gasteiger partial charge >= 0.3 is 0 Å². The van der Waals surface area contributed by atoms with Gasteiger partial charge in [0, 0.05) is 14.0 Å². The van der Waals surface area contributed by atoms with Crippen molar-refractivity contribution in [3.05, 3.63) is 49.2 Å². The van der Waals surface area contributed by atoms with Crippen LogP contribution in [-0.4, -0.2) is 5.91 Å². The molecule has 1 heterocycles. The molecule has 0 saturated heterocycles. The number of hydrogen-bond acceptors (Lipinski definition) is 2. The summed E-state index contributed by atoms with van der Waals surface area (Å²) in [5.74, 6) is -0.363. The van der Waals surface area contributed by atoms with Gasteiger partial charge in [0.2, 0.25) is 5.22 Å². The predicted octanol–water partition coefficient (Wildman–Crippen LogP) is 5.36. The molecule has 1 amide bonds. The van der Waals surface area contributed by atoms with Crippen LogP contribution in [0.4, 0.5) is 5.69 Å². The minimum atomic E-state index is -0.363. The Balaban J connectivity index is 2.31. The zero-order valence-electron chi connectivity index (χ0n) is 8.64. The Morgan fingerprint density at radius 3 is 2.33 bits per heavy atom. The Labute approximate surface area is 130 Å². The van der Waals surface area contributed by atoms with E-state index in [1.54, 1.807) is 12.1 Å². The van der Waals surface area contributed by atoms with Crippen molar-refractivity contribution >= 4 is 66.7 Å². The lowest BCUT2D eigenvalue weighted by atomic mass is 10.3. The van der Waals surface area contributed by atoms with Gasteiger partial charge in [-0.1, -0.05) is 11.6 Å². The summed E-state index contributed by atoms with van der Waals surface area (Å²) in [5.41, 5.74) is 0.840. The highest BCUT2D eigenvalue weighted by Crippen LogP contribution is 2.34. The molecular weight excluding hydrogens is 409 g/mol. The van der Waals surface area contributed by atoms with Gasteiger partial charge in [-0.2, -0.15) is 0 Å². The minimum absolute atomic E-state index is 0.0497. The maximum absolute atomic E-state index is 12.0. The van der Waals surface area contributed by atoms with Gasteiger partial charge in [-0.3, -0.25) is 4.79 Å². The molecule has 0 saturated carbocycles. The van der Waals surface area contributed by atoms with Crippen molar-refractivity contribution in [2.45, 2.75) is 0 Å². The third kappa shape index (κ3) is 2.91. The fraction of sp³-hybridized carbons (Fsp3) is 0. The molecule has 0 aliphatic carbocycles. The number of carbonyl (C=O) groups is 1. The van der Waals surface area contributed by atoms with E-state index in [2.05, 4.69) is 37.2 Å². The zero-order valence-corrected chi connectivity index (χ0v) is 13.3. The second kappa shape index (κ2) is 5.65. The van der Waals surface area contributed by atoms with Crippen molar-refractivity contribution in [2.24, 2.45) is 0 Å². The van der Waals surface area contributed by atoms with Crippen LogP contribution in [-0.2, 0) is 0 Å². The third-order valence-corrected chi connectivity index (χ3v) is 3.87. The average Bonchev–Trinajstić information content (AvgIpc) is 2.69. The molecule has 0 radical (unpaired) electrons. The van der Waals surface area contributed by atoms with Crippen molar-refractivity contribution in [1.29, 1.82) is 0 Å². The summed E-state index contributed by atoms with van der Waals surface area (Å²) in [6.45, 7) is 0. The van der Waals surface area contributed by atoms with E-state index in [1.165, 1.54) is 12.3 Å². The van der Waals surface area contributed by atoms with E-state index >= 15 is 0 Å². The van der Waals surface area contributed by atoms with Gasteiger partial charge < -0.3 is 9.73 Å². The van der Waals surface area contributed by atoms with Crippen molar-refractivity contribution in [2.75, 3.05) is 5.32 Å². The fourth-order valence-corrected chi connectivity index (χ4v) is 3.36. The van der Waals surface area contributed by atoms with Crippen LogP contribution >= 0.6 is 55.1 Å². The average molecular weight is 414 g/mol. The molecule has 18 heavy (non-hydrogen) atoms. The van der Waals surface area contributed by atoms with Gasteiger partial charge in [-0.25, -0.2) is 0 Å². The molecular formula is C11H5Br2Cl2NO2. The van der Waals surface area contributed by atoms with Gasteiger partial charge in [-0.05, 0) is 61.7 Å². The van der Waals surface area contributed by atoms with E-state index in [0.29, 0.717) is 19.7 Å². The third-order valence-electron chi connectivity index (χ3n) is 2.11. The minimum Gasteiger partial charge on any atom is -0.452 e. The van der Waals surface area contributed by atoms with Crippen LogP contribution in [0.3, 0.4) is 0 Å². The molecule has 1 aromatic carbocycles. The number of hydrogen-bond donors (Lipinski definition) is 1. The van der Waals surface area contributed by atoms with E-state index < -0.39 is 0 Å².